The minimum Gasteiger partial charge on any atom is -0.396 e. The summed E-state index contributed by atoms with van der Waals surface area (Å²) in [6.45, 7) is 7.96. The molecule has 26 heavy (non-hydrogen) atoms. The van der Waals surface area contributed by atoms with Gasteiger partial charge in [0.1, 0.15) is 0 Å². The highest BCUT2D eigenvalue weighted by Gasteiger charge is 2.58. The van der Waals surface area contributed by atoms with Crippen molar-refractivity contribution < 1.29 is 14.7 Å². The first-order valence-corrected chi connectivity index (χ1v) is 9.54. The monoisotopic (exact) mass is 362 g/mol. The lowest BCUT2D eigenvalue weighted by molar-refractivity contribution is -0.140. The lowest BCUT2D eigenvalue weighted by Crippen LogP contribution is -2.44. The van der Waals surface area contributed by atoms with Crippen LogP contribution in [0.1, 0.15) is 27.2 Å². The van der Waals surface area contributed by atoms with Crippen LogP contribution >= 0.6 is 0 Å². The summed E-state index contributed by atoms with van der Waals surface area (Å²) in [7, 11) is 0. The number of nitrogens with zero attached hydrogens (tertiary/aromatic N) is 2. The number of amides is 2. The van der Waals surface area contributed by atoms with Crippen LogP contribution in [0.25, 0.3) is 0 Å². The van der Waals surface area contributed by atoms with Crippen LogP contribution in [0.4, 0.5) is 0 Å². The second-order valence-corrected chi connectivity index (χ2v) is 8.27. The van der Waals surface area contributed by atoms with Crippen LogP contribution in [0.3, 0.4) is 0 Å². The summed E-state index contributed by atoms with van der Waals surface area (Å²) in [4.78, 5) is 31.2. The van der Waals surface area contributed by atoms with Crippen molar-refractivity contribution in [2.45, 2.75) is 27.2 Å². The molecule has 0 aromatic rings. The number of allylic oxidation sites excluding steroid dienone is 2. The molecule has 1 saturated carbocycles. The number of aliphatic imine (C=N–C) groups is 1. The van der Waals surface area contributed by atoms with Crippen molar-refractivity contribution >= 4 is 17.8 Å². The summed E-state index contributed by atoms with van der Waals surface area (Å²) in [5.41, 5.74) is -0.285. The molecule has 2 fully saturated rings. The van der Waals surface area contributed by atoms with E-state index in [9.17, 15) is 14.7 Å². The van der Waals surface area contributed by atoms with Crippen molar-refractivity contribution in [2.24, 2.45) is 34.1 Å². The minimum atomic E-state index is -0.285. The van der Waals surface area contributed by atoms with E-state index in [-0.39, 0.29) is 47.5 Å². The van der Waals surface area contributed by atoms with Crippen molar-refractivity contribution in [3.8, 4) is 0 Å². The quantitative estimate of drug-likeness (QED) is 0.263. The van der Waals surface area contributed by atoms with Crippen molar-refractivity contribution in [2.75, 3.05) is 32.8 Å². The fourth-order valence-electron chi connectivity index (χ4n) is 4.16. The summed E-state index contributed by atoms with van der Waals surface area (Å²) in [5, 5.41) is 15.7. The average molecular weight is 362 g/mol. The van der Waals surface area contributed by atoms with Gasteiger partial charge in [0, 0.05) is 31.7 Å². The first-order valence-electron chi connectivity index (χ1n) is 9.54. The van der Waals surface area contributed by atoms with Crippen LogP contribution in [0.5, 0.6) is 0 Å². The zero-order valence-electron chi connectivity index (χ0n) is 15.9. The highest BCUT2D eigenvalue weighted by molar-refractivity contribution is 6.06. The second-order valence-electron chi connectivity index (χ2n) is 8.27. The summed E-state index contributed by atoms with van der Waals surface area (Å²) >= 11 is 0. The Labute approximate surface area is 154 Å². The second kappa shape index (κ2) is 7.39. The van der Waals surface area contributed by atoms with Crippen molar-refractivity contribution in [3.63, 3.8) is 0 Å². The normalized spacial score (nSPS) is 30.3. The molecular weight excluding hydrogens is 332 g/mol. The van der Waals surface area contributed by atoms with Crippen LogP contribution in [0, 0.1) is 29.1 Å². The Morgan fingerprint density at radius 3 is 2.38 bits per heavy atom. The van der Waals surface area contributed by atoms with E-state index in [1.165, 1.54) is 4.90 Å². The number of aliphatic hydroxyl groups is 1. The molecule has 3 N–H and O–H groups in total. The molecule has 4 atom stereocenters. The van der Waals surface area contributed by atoms with E-state index in [1.807, 2.05) is 20.8 Å². The fourth-order valence-corrected chi connectivity index (χ4v) is 4.16. The van der Waals surface area contributed by atoms with Crippen LogP contribution in [-0.2, 0) is 9.59 Å². The van der Waals surface area contributed by atoms with Gasteiger partial charge in [0.2, 0.25) is 11.8 Å². The number of nitrogens with one attached hydrogen (secondary N) is 2. The summed E-state index contributed by atoms with van der Waals surface area (Å²) < 4.78 is 0. The molecule has 1 heterocycles. The Balaban J connectivity index is 1.54. The lowest BCUT2D eigenvalue weighted by atomic mass is 9.85. The molecule has 1 saturated heterocycles. The molecule has 1 aliphatic heterocycles. The molecule has 0 spiro atoms. The number of likely N-dealkylation sites (tertiary alicyclic amines) is 1. The van der Waals surface area contributed by atoms with Gasteiger partial charge in [-0.1, -0.05) is 26.0 Å². The molecular formula is C19H30N4O3. The topological polar surface area (TPSA) is 94.0 Å². The number of carbonyl (C=O) groups excluding carboxylic acids is 2. The van der Waals surface area contributed by atoms with Gasteiger partial charge in [-0.3, -0.25) is 19.5 Å². The average Bonchev–Trinajstić information content (AvgIpc) is 3.29. The third kappa shape index (κ3) is 3.49. The van der Waals surface area contributed by atoms with Gasteiger partial charge >= 0.3 is 0 Å². The van der Waals surface area contributed by atoms with Crippen molar-refractivity contribution in [1.29, 1.82) is 0 Å². The maximum atomic E-state index is 12.7. The lowest BCUT2D eigenvalue weighted by Gasteiger charge is -2.21. The molecule has 0 radical (unpaired) electrons. The third-order valence-electron chi connectivity index (χ3n) is 5.63. The van der Waals surface area contributed by atoms with Gasteiger partial charge < -0.3 is 15.7 Å². The summed E-state index contributed by atoms with van der Waals surface area (Å²) in [6, 6.07) is 0. The van der Waals surface area contributed by atoms with E-state index in [0.717, 1.165) is 6.42 Å². The van der Waals surface area contributed by atoms with Crippen LogP contribution < -0.4 is 10.6 Å². The Morgan fingerprint density at radius 2 is 1.85 bits per heavy atom. The van der Waals surface area contributed by atoms with E-state index >= 15 is 0 Å². The molecule has 2 aliphatic carbocycles. The molecule has 2 bridgehead atoms. The maximum Gasteiger partial charge on any atom is 0.233 e. The van der Waals surface area contributed by atoms with Crippen LogP contribution in [0.15, 0.2) is 17.1 Å². The van der Waals surface area contributed by atoms with E-state index in [0.29, 0.717) is 32.1 Å². The smallest absolute Gasteiger partial charge is 0.233 e. The van der Waals surface area contributed by atoms with Crippen LogP contribution in [-0.4, -0.2) is 60.6 Å². The highest BCUT2D eigenvalue weighted by Crippen LogP contribution is 2.52. The summed E-state index contributed by atoms with van der Waals surface area (Å²) in [5.74, 6) is 0.839. The van der Waals surface area contributed by atoms with Gasteiger partial charge in [0.05, 0.1) is 18.4 Å². The molecule has 7 heteroatoms. The maximum absolute atomic E-state index is 12.7. The minimum absolute atomic E-state index is 0.0120. The zero-order chi connectivity index (χ0) is 18.9. The first-order chi connectivity index (χ1) is 12.4. The third-order valence-corrected chi connectivity index (χ3v) is 5.63. The van der Waals surface area contributed by atoms with Crippen molar-refractivity contribution in [3.05, 3.63) is 12.2 Å². The number of hydrogen-bond acceptors (Lipinski definition) is 4. The van der Waals surface area contributed by atoms with Gasteiger partial charge in [-0.25, -0.2) is 0 Å². The largest absolute Gasteiger partial charge is 0.396 e. The van der Waals surface area contributed by atoms with Gasteiger partial charge in [0.15, 0.2) is 5.96 Å². The van der Waals surface area contributed by atoms with Gasteiger partial charge in [0.25, 0.3) is 0 Å². The van der Waals surface area contributed by atoms with Gasteiger partial charge in [-0.05, 0) is 25.2 Å². The van der Waals surface area contributed by atoms with Gasteiger partial charge in [-0.2, -0.15) is 0 Å². The molecule has 0 aromatic carbocycles. The van der Waals surface area contributed by atoms with E-state index in [1.54, 1.807) is 0 Å². The predicted octanol–water partition coefficient (Wildman–Crippen LogP) is 0.367. The Bertz CT molecular complexity index is 598. The SMILES string of the molecule is CCNC(=NCC(C)(C)CO)NCCN1C(=O)C2C3C=CC(C3)C2C1=O. The molecule has 2 amide bonds. The number of rotatable bonds is 7. The van der Waals surface area contributed by atoms with E-state index in [2.05, 4.69) is 27.8 Å². The molecule has 144 valence electrons. The zero-order valence-corrected chi connectivity index (χ0v) is 15.9. The number of imide groups is 1. The number of fused-ring (bicyclic) bond motifs is 5. The van der Waals surface area contributed by atoms with E-state index < -0.39 is 0 Å². The molecule has 4 unspecified atom stereocenters. The first kappa shape index (κ1) is 18.9. The van der Waals surface area contributed by atoms with Crippen molar-refractivity contribution in [1.82, 2.24) is 15.5 Å². The number of hydrogen-bond donors (Lipinski definition) is 3. The van der Waals surface area contributed by atoms with Crippen LogP contribution in [0.2, 0.25) is 0 Å². The number of guanidine groups is 1. The fraction of sp³-hybridized carbons (Fsp3) is 0.737. The molecule has 0 aromatic heterocycles. The highest BCUT2D eigenvalue weighted by atomic mass is 16.3. The molecule has 3 rings (SSSR count). The Morgan fingerprint density at radius 1 is 1.23 bits per heavy atom. The predicted molar refractivity (Wildman–Crippen MR) is 99.3 cm³/mol. The van der Waals surface area contributed by atoms with E-state index in [4.69, 9.17) is 0 Å². The molecule has 7 nitrogen and oxygen atoms in total. The standard InChI is InChI=1S/C19H30N4O3/c1-4-20-18(22-10-19(2,3)11-24)21-7-8-23-16(25)14-12-5-6-13(9-12)15(14)17(23)26/h5-6,12-15,24H,4,7-11H2,1-3H3,(H2,20,21,22). The Kier molecular flexibility index (Phi) is 5.37. The summed E-state index contributed by atoms with van der Waals surface area (Å²) in [6.07, 6.45) is 5.17. The number of aliphatic hydroxyl groups excluding tert-OH is 1. The molecule has 3 aliphatic rings. The Hall–Kier alpha value is -1.89. The van der Waals surface area contributed by atoms with Gasteiger partial charge in [-0.15, -0.1) is 0 Å². The number of carbonyl (C=O) groups is 2.